The number of ether oxygens (including phenoxy) is 1. The van der Waals surface area contributed by atoms with Crippen molar-refractivity contribution >= 4 is 30.0 Å². The summed E-state index contributed by atoms with van der Waals surface area (Å²) in [7, 11) is 1.73. The van der Waals surface area contributed by atoms with Gasteiger partial charge in [-0.1, -0.05) is 31.0 Å². The first-order chi connectivity index (χ1) is 14.2. The van der Waals surface area contributed by atoms with Crippen LogP contribution in [-0.2, 0) is 16.0 Å². The lowest BCUT2D eigenvalue weighted by molar-refractivity contribution is -0.112. The molecule has 8 heteroatoms. The van der Waals surface area contributed by atoms with Crippen LogP contribution in [0.3, 0.4) is 0 Å². The van der Waals surface area contributed by atoms with Crippen molar-refractivity contribution in [2.24, 2.45) is 0 Å². The first kappa shape index (κ1) is 22.8. The second-order valence-electron chi connectivity index (χ2n) is 9.42. The van der Waals surface area contributed by atoms with Crippen molar-refractivity contribution < 1.29 is 14.3 Å². The zero-order valence-electron chi connectivity index (χ0n) is 18.8. The molecule has 0 spiro atoms. The van der Waals surface area contributed by atoms with Crippen LogP contribution in [-0.4, -0.2) is 64.3 Å². The van der Waals surface area contributed by atoms with Crippen LogP contribution in [0.25, 0.3) is 0 Å². The monoisotopic (exact) mass is 434 g/mol. The minimum atomic E-state index is -0.702. The summed E-state index contributed by atoms with van der Waals surface area (Å²) in [6.07, 6.45) is 11.4. The standard InChI is InChI=1S/C22H34N4O3S/c1-21(2,3)29-20(28)25(4)12-11-22(15-27)13-16-14-23-19(30-5)24-18(16)26(22)17-9-7-6-8-10-17/h14-15,17H,6-13H2,1-5H3. The molecule has 1 unspecified atom stereocenters. The fourth-order valence-corrected chi connectivity index (χ4v) is 4.81. The summed E-state index contributed by atoms with van der Waals surface area (Å²) in [5.41, 5.74) is -0.230. The van der Waals surface area contributed by atoms with Crippen LogP contribution in [0.15, 0.2) is 11.4 Å². The first-order valence-corrected chi connectivity index (χ1v) is 12.0. The number of fused-ring (bicyclic) bond motifs is 1. The number of carbonyl (C=O) groups excluding carboxylic acids is 2. The molecule has 1 aliphatic carbocycles. The fraction of sp³-hybridized carbons (Fsp3) is 0.727. The smallest absolute Gasteiger partial charge is 0.410 e. The number of rotatable bonds is 6. The van der Waals surface area contributed by atoms with Crippen molar-refractivity contribution in [2.45, 2.75) is 88.1 Å². The van der Waals surface area contributed by atoms with Gasteiger partial charge in [-0.15, -0.1) is 0 Å². The van der Waals surface area contributed by atoms with Crippen molar-refractivity contribution in [1.82, 2.24) is 14.9 Å². The molecule has 30 heavy (non-hydrogen) atoms. The molecule has 0 N–H and O–H groups in total. The number of anilines is 1. The van der Waals surface area contributed by atoms with Gasteiger partial charge in [0.25, 0.3) is 0 Å². The normalized spacial score (nSPS) is 22.0. The van der Waals surface area contributed by atoms with Gasteiger partial charge in [-0.2, -0.15) is 0 Å². The Labute approximate surface area is 184 Å². The Balaban J connectivity index is 1.85. The third kappa shape index (κ3) is 4.90. The van der Waals surface area contributed by atoms with Crippen molar-refractivity contribution in [3.8, 4) is 0 Å². The summed E-state index contributed by atoms with van der Waals surface area (Å²) in [4.78, 5) is 38.1. The molecule has 1 amide bonds. The number of hydrogen-bond acceptors (Lipinski definition) is 7. The minimum Gasteiger partial charge on any atom is -0.444 e. The van der Waals surface area contributed by atoms with Crippen molar-refractivity contribution in [3.63, 3.8) is 0 Å². The number of amides is 1. The van der Waals surface area contributed by atoms with E-state index in [1.165, 1.54) is 31.0 Å². The molecule has 1 saturated carbocycles. The first-order valence-electron chi connectivity index (χ1n) is 10.8. The lowest BCUT2D eigenvalue weighted by atomic mass is 9.87. The third-order valence-electron chi connectivity index (χ3n) is 5.95. The average Bonchev–Trinajstić information content (AvgIpc) is 3.05. The summed E-state index contributed by atoms with van der Waals surface area (Å²) in [5.74, 6) is 0.897. The van der Waals surface area contributed by atoms with Gasteiger partial charge in [0.15, 0.2) is 5.16 Å². The zero-order chi connectivity index (χ0) is 21.9. The number of thioether (sulfide) groups is 1. The number of carbonyl (C=O) groups is 2. The van der Waals surface area contributed by atoms with Crippen LogP contribution < -0.4 is 4.90 Å². The van der Waals surface area contributed by atoms with Gasteiger partial charge in [0.2, 0.25) is 0 Å². The molecule has 2 aliphatic rings. The average molecular weight is 435 g/mol. The Morgan fingerprint density at radius 1 is 1.37 bits per heavy atom. The van der Waals surface area contributed by atoms with Gasteiger partial charge in [0.05, 0.1) is 0 Å². The largest absolute Gasteiger partial charge is 0.444 e. The number of nitrogens with zero attached hydrogens (tertiary/aromatic N) is 4. The summed E-state index contributed by atoms with van der Waals surface area (Å²) in [5, 5.41) is 0.724. The Morgan fingerprint density at radius 3 is 2.67 bits per heavy atom. The Bertz CT molecular complexity index is 776. The van der Waals surface area contributed by atoms with E-state index in [4.69, 9.17) is 9.72 Å². The van der Waals surface area contributed by atoms with Gasteiger partial charge in [0.1, 0.15) is 23.2 Å². The highest BCUT2D eigenvalue weighted by molar-refractivity contribution is 7.98. The van der Waals surface area contributed by atoms with E-state index in [0.717, 1.165) is 35.7 Å². The summed E-state index contributed by atoms with van der Waals surface area (Å²) >= 11 is 1.51. The Kier molecular flexibility index (Phi) is 6.95. The number of aromatic nitrogens is 2. The van der Waals surface area contributed by atoms with Crippen LogP contribution in [0, 0.1) is 0 Å². The van der Waals surface area contributed by atoms with E-state index in [1.807, 2.05) is 33.2 Å². The molecule has 0 saturated heterocycles. The molecular weight excluding hydrogens is 400 g/mol. The molecule has 1 aliphatic heterocycles. The highest BCUT2D eigenvalue weighted by atomic mass is 32.2. The van der Waals surface area contributed by atoms with Crippen molar-refractivity contribution in [3.05, 3.63) is 11.8 Å². The molecular formula is C22H34N4O3S. The van der Waals surface area contributed by atoms with Crippen molar-refractivity contribution in [1.29, 1.82) is 0 Å². The summed E-state index contributed by atoms with van der Waals surface area (Å²) in [6, 6.07) is 0.293. The molecule has 1 fully saturated rings. The van der Waals surface area contributed by atoms with Crippen molar-refractivity contribution in [2.75, 3.05) is 24.7 Å². The van der Waals surface area contributed by atoms with E-state index < -0.39 is 11.1 Å². The van der Waals surface area contributed by atoms with E-state index >= 15 is 0 Å². The van der Waals surface area contributed by atoms with Gasteiger partial charge in [-0.05, 0) is 46.3 Å². The minimum absolute atomic E-state index is 0.293. The van der Waals surface area contributed by atoms with E-state index in [2.05, 4.69) is 9.88 Å². The van der Waals surface area contributed by atoms with Crippen LogP contribution >= 0.6 is 11.8 Å². The molecule has 3 rings (SSSR count). The van der Waals surface area contributed by atoms with E-state index in [1.54, 1.807) is 11.9 Å². The molecule has 0 aromatic carbocycles. The predicted molar refractivity (Wildman–Crippen MR) is 119 cm³/mol. The van der Waals surface area contributed by atoms with Gasteiger partial charge in [-0.3, -0.25) is 0 Å². The Hall–Kier alpha value is -1.83. The van der Waals surface area contributed by atoms with E-state index in [9.17, 15) is 9.59 Å². The van der Waals surface area contributed by atoms with Gasteiger partial charge < -0.3 is 19.3 Å². The van der Waals surface area contributed by atoms with Crippen LogP contribution in [0.5, 0.6) is 0 Å². The molecule has 2 heterocycles. The van der Waals surface area contributed by atoms with Gasteiger partial charge in [0, 0.05) is 37.8 Å². The lowest BCUT2D eigenvalue weighted by Gasteiger charge is -2.43. The maximum absolute atomic E-state index is 12.6. The highest BCUT2D eigenvalue weighted by Gasteiger charge is 2.48. The van der Waals surface area contributed by atoms with Gasteiger partial charge >= 0.3 is 6.09 Å². The van der Waals surface area contributed by atoms with E-state index in [0.29, 0.717) is 25.4 Å². The number of hydrogen-bond donors (Lipinski definition) is 0. The molecule has 1 aromatic rings. The van der Waals surface area contributed by atoms with E-state index in [-0.39, 0.29) is 6.09 Å². The quantitative estimate of drug-likeness (QED) is 0.379. The summed E-state index contributed by atoms with van der Waals surface area (Å²) < 4.78 is 5.48. The molecule has 1 atom stereocenters. The third-order valence-corrected chi connectivity index (χ3v) is 6.51. The predicted octanol–water partition coefficient (Wildman–Crippen LogP) is 4.09. The second kappa shape index (κ2) is 9.12. The fourth-order valence-electron chi connectivity index (χ4n) is 4.47. The van der Waals surface area contributed by atoms with Crippen LogP contribution in [0.1, 0.15) is 64.9 Å². The SMILES string of the molecule is CSc1ncc2c(n1)N(C1CCCCC1)C(C=O)(CCN(C)C(=O)OC(C)(C)C)C2. The highest BCUT2D eigenvalue weighted by Crippen LogP contribution is 2.43. The Morgan fingerprint density at radius 2 is 2.07 bits per heavy atom. The van der Waals surface area contributed by atoms with Crippen LogP contribution in [0.4, 0.5) is 10.6 Å². The maximum Gasteiger partial charge on any atom is 0.410 e. The molecule has 0 bridgehead atoms. The topological polar surface area (TPSA) is 75.6 Å². The van der Waals surface area contributed by atoms with Gasteiger partial charge in [-0.25, -0.2) is 14.8 Å². The summed E-state index contributed by atoms with van der Waals surface area (Å²) in [6.45, 7) is 6.00. The molecule has 1 aromatic heterocycles. The number of aldehydes is 1. The molecule has 0 radical (unpaired) electrons. The van der Waals surface area contributed by atoms with Crippen LogP contribution in [0.2, 0.25) is 0 Å². The molecule has 7 nitrogen and oxygen atoms in total. The molecule has 166 valence electrons. The second-order valence-corrected chi connectivity index (χ2v) is 10.2. The zero-order valence-corrected chi connectivity index (χ0v) is 19.6. The lowest BCUT2D eigenvalue weighted by Crippen LogP contribution is -2.55. The maximum atomic E-state index is 12.6.